The number of nitrogens with zero attached hydrogens (tertiary/aromatic N) is 9. The highest BCUT2D eigenvalue weighted by molar-refractivity contribution is 6.06. The highest BCUT2D eigenvalue weighted by Gasteiger charge is 2.45. The number of pyridine rings is 1. The second-order valence-electron chi connectivity index (χ2n) is 16.5. The number of carbonyl (C=O) groups excluding carboxylic acids is 4. The molecule has 4 amide bonds. The monoisotopic (exact) mass is 796 g/mol. The van der Waals surface area contributed by atoms with E-state index in [-0.39, 0.29) is 36.3 Å². The van der Waals surface area contributed by atoms with Gasteiger partial charge in [-0.05, 0) is 98.9 Å². The largest absolute Gasteiger partial charge is 0.490 e. The summed E-state index contributed by atoms with van der Waals surface area (Å²) in [4.78, 5) is 75.9. The fraction of sp³-hybridized carbons (Fsp3) is 0.455. The van der Waals surface area contributed by atoms with Crippen molar-refractivity contribution in [3.8, 4) is 11.8 Å². The van der Waals surface area contributed by atoms with Crippen LogP contribution in [0.25, 0.3) is 10.9 Å². The lowest BCUT2D eigenvalue weighted by atomic mass is 9.89. The number of carbonyl (C=O) groups is 4. The van der Waals surface area contributed by atoms with E-state index in [1.807, 2.05) is 30.3 Å². The average molecular weight is 797 g/mol. The molecule has 2 N–H and O–H groups in total. The molecule has 1 aliphatic carbocycles. The van der Waals surface area contributed by atoms with Crippen molar-refractivity contribution >= 4 is 46.2 Å². The minimum absolute atomic E-state index is 0.0950. The summed E-state index contributed by atoms with van der Waals surface area (Å²) in [6, 6.07) is 14.6. The highest BCUT2D eigenvalue weighted by atomic mass is 16.5. The summed E-state index contributed by atoms with van der Waals surface area (Å²) in [5.41, 5.74) is 9.38. The van der Waals surface area contributed by atoms with Crippen LogP contribution in [0.3, 0.4) is 0 Å². The maximum atomic E-state index is 14.1. The van der Waals surface area contributed by atoms with Gasteiger partial charge in [-0.1, -0.05) is 0 Å². The van der Waals surface area contributed by atoms with Gasteiger partial charge in [0.2, 0.25) is 11.9 Å². The van der Waals surface area contributed by atoms with Crippen LogP contribution in [0.4, 0.5) is 11.6 Å². The summed E-state index contributed by atoms with van der Waals surface area (Å²) in [5.74, 6) is 0.788. The number of nitrogens with two attached hydrogens (primary N) is 1. The Kier molecular flexibility index (Phi) is 10.6. The van der Waals surface area contributed by atoms with Crippen LogP contribution in [0.2, 0.25) is 0 Å². The Morgan fingerprint density at radius 3 is 2.36 bits per heavy atom. The molecule has 9 rings (SSSR count). The van der Waals surface area contributed by atoms with E-state index in [4.69, 9.17) is 10.5 Å². The van der Waals surface area contributed by atoms with Gasteiger partial charge in [-0.3, -0.25) is 34.0 Å². The van der Waals surface area contributed by atoms with Gasteiger partial charge in [-0.2, -0.15) is 5.26 Å². The Labute approximate surface area is 342 Å². The van der Waals surface area contributed by atoms with Crippen molar-refractivity contribution in [3.05, 3.63) is 83.3 Å². The molecule has 2 aromatic carbocycles. The van der Waals surface area contributed by atoms with E-state index >= 15 is 0 Å². The quantitative estimate of drug-likeness (QED) is 0.242. The molecule has 5 aliphatic rings. The highest BCUT2D eigenvalue weighted by Crippen LogP contribution is 2.36. The van der Waals surface area contributed by atoms with Crippen molar-refractivity contribution in [2.75, 3.05) is 55.6 Å². The predicted molar refractivity (Wildman–Crippen MR) is 218 cm³/mol. The van der Waals surface area contributed by atoms with E-state index in [1.165, 1.54) is 17.3 Å². The summed E-state index contributed by atoms with van der Waals surface area (Å²) in [5, 5.41) is 10.3. The van der Waals surface area contributed by atoms with E-state index < -0.39 is 11.9 Å². The minimum atomic E-state index is -0.673. The number of hydrogen-bond donors (Lipinski definition) is 1. The molecule has 0 unspecified atom stereocenters. The number of piperazine rings is 1. The Hall–Kier alpha value is -6.14. The van der Waals surface area contributed by atoms with Crippen molar-refractivity contribution in [2.24, 2.45) is 11.7 Å². The lowest BCUT2D eigenvalue weighted by molar-refractivity contribution is -0.156. The number of hydrogen-bond acceptors (Lipinski definition) is 12. The fourth-order valence-electron chi connectivity index (χ4n) is 9.66. The van der Waals surface area contributed by atoms with Gasteiger partial charge in [0.05, 0.1) is 22.7 Å². The van der Waals surface area contributed by atoms with Crippen LogP contribution in [-0.4, -0.2) is 117 Å². The Balaban J connectivity index is 0.765. The maximum absolute atomic E-state index is 14.1. The third-order valence-electron chi connectivity index (χ3n) is 12.9. The Morgan fingerprint density at radius 2 is 1.63 bits per heavy atom. The van der Waals surface area contributed by atoms with E-state index in [9.17, 15) is 24.4 Å². The SMILES string of the molecule is N#Cc1ccc(OC2CCC(N3C(=O)CC[C@H](N4Cc5cc(N6CCN(CC7CCN(c8ncc(C(N)=O)cn8)CC7)CC6)ccc5C4=O)C3=O)CC2)c2cccnc12. The lowest BCUT2D eigenvalue weighted by Crippen LogP contribution is -2.58. The van der Waals surface area contributed by atoms with Gasteiger partial charge < -0.3 is 25.2 Å². The normalized spacial score (nSPS) is 23.1. The van der Waals surface area contributed by atoms with Crippen LogP contribution in [0.5, 0.6) is 5.75 Å². The molecule has 15 nitrogen and oxygen atoms in total. The number of anilines is 2. The molecule has 4 fully saturated rings. The number of aromatic nitrogens is 3. The van der Waals surface area contributed by atoms with Gasteiger partial charge in [0.1, 0.15) is 17.9 Å². The summed E-state index contributed by atoms with van der Waals surface area (Å²) in [6.45, 7) is 6.85. The van der Waals surface area contributed by atoms with Crippen LogP contribution >= 0.6 is 0 Å². The molecule has 0 radical (unpaired) electrons. The number of fused-ring (bicyclic) bond motifs is 2. The second kappa shape index (κ2) is 16.2. The van der Waals surface area contributed by atoms with E-state index in [0.717, 1.165) is 75.3 Å². The topological polar surface area (TPSA) is 182 Å². The molecular weight excluding hydrogens is 749 g/mol. The number of rotatable bonds is 9. The number of piperidine rings is 2. The van der Waals surface area contributed by atoms with Crippen molar-refractivity contribution in [3.63, 3.8) is 0 Å². The zero-order valence-electron chi connectivity index (χ0n) is 33.0. The van der Waals surface area contributed by atoms with E-state index in [1.54, 1.807) is 17.2 Å². The van der Waals surface area contributed by atoms with E-state index in [2.05, 4.69) is 41.8 Å². The van der Waals surface area contributed by atoms with Crippen molar-refractivity contribution < 1.29 is 23.9 Å². The molecule has 4 aliphatic heterocycles. The van der Waals surface area contributed by atoms with Crippen LogP contribution in [-0.2, 0) is 16.1 Å². The van der Waals surface area contributed by atoms with Crippen molar-refractivity contribution in [1.29, 1.82) is 5.26 Å². The molecule has 15 heteroatoms. The summed E-state index contributed by atoms with van der Waals surface area (Å²) in [7, 11) is 0. The molecule has 1 saturated carbocycles. The maximum Gasteiger partial charge on any atom is 0.255 e. The zero-order chi connectivity index (χ0) is 40.6. The number of benzene rings is 2. The molecule has 0 bridgehead atoms. The van der Waals surface area contributed by atoms with Gasteiger partial charge >= 0.3 is 0 Å². The third kappa shape index (κ3) is 7.65. The number of likely N-dealkylation sites (tertiary alicyclic amines) is 1. The molecule has 3 saturated heterocycles. The van der Waals surface area contributed by atoms with Gasteiger partial charge in [0.15, 0.2) is 0 Å². The summed E-state index contributed by atoms with van der Waals surface area (Å²) >= 11 is 0. The second-order valence-corrected chi connectivity index (χ2v) is 16.5. The molecule has 59 heavy (non-hydrogen) atoms. The van der Waals surface area contributed by atoms with Gasteiger partial charge in [-0.25, -0.2) is 9.97 Å². The lowest BCUT2D eigenvalue weighted by Gasteiger charge is -2.41. The van der Waals surface area contributed by atoms with Crippen molar-refractivity contribution in [1.82, 2.24) is 29.7 Å². The van der Waals surface area contributed by atoms with Crippen molar-refractivity contribution in [2.45, 2.75) is 76.1 Å². The number of amides is 4. The molecule has 0 spiro atoms. The summed E-state index contributed by atoms with van der Waals surface area (Å²) in [6.07, 6.45) is 9.81. The number of primary amides is 1. The standard InChI is InChI=1S/C44H48N10O5/c45-23-29-3-11-38(36-2-1-15-47-40(29)36)59-34-7-4-32(5-8-34)54-39(55)12-10-37(43(54)58)53-27-30-22-33(6-9-35(30)42(53)57)51-20-18-50(19-21-51)26-28-13-16-52(17-14-28)44-48-24-31(25-49-44)41(46)56/h1-3,6,9,11,15,22,24-25,28,32,34,37H,4-5,7-8,10,12-14,16-21,26-27H2,(H2,46,56)/t32?,34?,37-/m0/s1. The number of nitriles is 1. The molecular formula is C44H48N10O5. The van der Waals surface area contributed by atoms with E-state index in [0.29, 0.717) is 78.5 Å². The zero-order valence-corrected chi connectivity index (χ0v) is 33.0. The minimum Gasteiger partial charge on any atom is -0.490 e. The first kappa shape index (κ1) is 38.4. The predicted octanol–water partition coefficient (Wildman–Crippen LogP) is 3.90. The van der Waals surface area contributed by atoms with Crippen LogP contribution in [0.15, 0.2) is 61.1 Å². The molecule has 4 aromatic rings. The Bertz CT molecular complexity index is 2310. The Morgan fingerprint density at radius 1 is 0.864 bits per heavy atom. The van der Waals surface area contributed by atoms with Gasteiger partial charge in [-0.15, -0.1) is 0 Å². The molecule has 2 aromatic heterocycles. The first-order valence-corrected chi connectivity index (χ1v) is 20.8. The van der Waals surface area contributed by atoms with Gasteiger partial charge in [0, 0.05) is 100 Å². The molecule has 1 atom stereocenters. The molecule has 304 valence electrons. The fourth-order valence-corrected chi connectivity index (χ4v) is 9.66. The average Bonchev–Trinajstić information content (AvgIpc) is 3.59. The third-order valence-corrected chi connectivity index (χ3v) is 12.9. The molecule has 6 heterocycles. The number of ether oxygens (including phenoxy) is 1. The van der Waals surface area contributed by atoms with Gasteiger partial charge in [0.25, 0.3) is 17.7 Å². The summed E-state index contributed by atoms with van der Waals surface area (Å²) < 4.78 is 6.41. The smallest absolute Gasteiger partial charge is 0.255 e. The number of imide groups is 1. The first-order valence-electron chi connectivity index (χ1n) is 20.8. The first-order chi connectivity index (χ1) is 28.7. The van der Waals surface area contributed by atoms with Crippen LogP contribution in [0, 0.1) is 17.2 Å². The van der Waals surface area contributed by atoms with Crippen LogP contribution < -0.4 is 20.3 Å². The van der Waals surface area contributed by atoms with Crippen LogP contribution in [0.1, 0.15) is 83.2 Å².